The molecule has 1 aromatic carbocycles. The second-order valence-electron chi connectivity index (χ2n) is 7.56. The molecule has 3 rings (SSSR count). The molecule has 2 fully saturated rings. The molecule has 7 heteroatoms. The standard InChI is InChI=1S/C20H29N3O3.H2O/c1-14(24)21-16-10-8-15(9-11-16)20(26)22(2)18-12-23(13-19(18)25)17-6-4-3-5-7-17;/h8-11,17-19,25H,3-7,12-13H2,1-2H3,(H,21,24);1H2/t18-,19-;/m1./s1. The lowest BCUT2D eigenvalue weighted by Crippen LogP contribution is -2.44. The van der Waals surface area contributed by atoms with E-state index in [0.29, 0.717) is 23.8 Å². The van der Waals surface area contributed by atoms with Gasteiger partial charge in [0.2, 0.25) is 5.91 Å². The lowest BCUT2D eigenvalue weighted by Gasteiger charge is -2.31. The Morgan fingerprint density at radius 2 is 1.74 bits per heavy atom. The number of likely N-dealkylation sites (N-methyl/N-ethyl adjacent to an activating group) is 1. The number of carbonyl (C=O) groups is 2. The van der Waals surface area contributed by atoms with Gasteiger partial charge in [0.15, 0.2) is 0 Å². The summed E-state index contributed by atoms with van der Waals surface area (Å²) in [7, 11) is 1.77. The van der Waals surface area contributed by atoms with E-state index in [9.17, 15) is 14.7 Å². The Hall–Kier alpha value is -1.96. The SMILES string of the molecule is CC(=O)Nc1ccc(C(=O)N(C)[C@@H]2CN(C3CCCCC3)C[C@H]2O)cc1.O. The van der Waals surface area contributed by atoms with Crippen LogP contribution >= 0.6 is 0 Å². The van der Waals surface area contributed by atoms with E-state index in [4.69, 9.17) is 0 Å². The molecular formula is C20H31N3O4. The van der Waals surface area contributed by atoms with Gasteiger partial charge in [0.25, 0.3) is 5.91 Å². The minimum Gasteiger partial charge on any atom is -0.412 e. The molecule has 7 nitrogen and oxygen atoms in total. The molecule has 1 aromatic rings. The van der Waals surface area contributed by atoms with Gasteiger partial charge < -0.3 is 20.8 Å². The van der Waals surface area contributed by atoms with Gasteiger partial charge in [-0.25, -0.2) is 0 Å². The van der Waals surface area contributed by atoms with Crippen molar-refractivity contribution in [2.75, 3.05) is 25.5 Å². The van der Waals surface area contributed by atoms with E-state index in [1.165, 1.54) is 39.0 Å². The van der Waals surface area contributed by atoms with E-state index in [0.717, 1.165) is 6.54 Å². The third-order valence-corrected chi connectivity index (χ3v) is 5.65. The van der Waals surface area contributed by atoms with Crippen molar-refractivity contribution in [3.63, 3.8) is 0 Å². The molecule has 0 radical (unpaired) electrons. The number of nitrogens with one attached hydrogen (secondary N) is 1. The summed E-state index contributed by atoms with van der Waals surface area (Å²) in [6, 6.07) is 7.24. The van der Waals surface area contributed by atoms with E-state index in [1.54, 1.807) is 36.2 Å². The van der Waals surface area contributed by atoms with Crippen LogP contribution in [0, 0.1) is 0 Å². The minimum atomic E-state index is -0.510. The molecule has 1 saturated carbocycles. The third kappa shape index (κ3) is 5.06. The maximum absolute atomic E-state index is 12.8. The second-order valence-corrected chi connectivity index (χ2v) is 7.56. The van der Waals surface area contributed by atoms with Crippen LogP contribution in [-0.2, 0) is 4.79 Å². The van der Waals surface area contributed by atoms with Crippen LogP contribution in [-0.4, -0.2) is 70.5 Å². The van der Waals surface area contributed by atoms with Crippen LogP contribution in [0.5, 0.6) is 0 Å². The van der Waals surface area contributed by atoms with Crippen molar-refractivity contribution in [1.29, 1.82) is 0 Å². The van der Waals surface area contributed by atoms with Gasteiger partial charge in [-0.15, -0.1) is 0 Å². The lowest BCUT2D eigenvalue weighted by atomic mass is 9.94. The van der Waals surface area contributed by atoms with Crippen LogP contribution in [0.25, 0.3) is 0 Å². The van der Waals surface area contributed by atoms with Crippen molar-refractivity contribution in [2.45, 2.75) is 57.2 Å². The van der Waals surface area contributed by atoms with Crippen molar-refractivity contribution >= 4 is 17.5 Å². The van der Waals surface area contributed by atoms with Crippen molar-refractivity contribution in [1.82, 2.24) is 9.80 Å². The highest BCUT2D eigenvalue weighted by Gasteiger charge is 2.39. The zero-order valence-corrected chi connectivity index (χ0v) is 16.1. The lowest BCUT2D eigenvalue weighted by molar-refractivity contribution is -0.114. The van der Waals surface area contributed by atoms with Gasteiger partial charge in [-0.1, -0.05) is 19.3 Å². The van der Waals surface area contributed by atoms with E-state index < -0.39 is 6.10 Å². The van der Waals surface area contributed by atoms with E-state index in [-0.39, 0.29) is 23.3 Å². The number of anilines is 1. The maximum Gasteiger partial charge on any atom is 0.253 e. The Bertz CT molecular complexity index is 643. The van der Waals surface area contributed by atoms with Gasteiger partial charge >= 0.3 is 0 Å². The van der Waals surface area contributed by atoms with Crippen LogP contribution in [0.1, 0.15) is 49.4 Å². The molecule has 2 amide bonds. The number of carbonyl (C=O) groups excluding carboxylic acids is 2. The molecule has 1 saturated heterocycles. The quantitative estimate of drug-likeness (QED) is 0.824. The van der Waals surface area contributed by atoms with Crippen molar-refractivity contribution in [2.24, 2.45) is 0 Å². The summed E-state index contributed by atoms with van der Waals surface area (Å²) in [5.74, 6) is -0.244. The van der Waals surface area contributed by atoms with Crippen LogP contribution < -0.4 is 5.32 Å². The number of hydrogen-bond acceptors (Lipinski definition) is 4. The largest absolute Gasteiger partial charge is 0.412 e. The molecule has 2 aliphatic rings. The summed E-state index contributed by atoms with van der Waals surface area (Å²) in [5.41, 5.74) is 1.23. The van der Waals surface area contributed by atoms with Crippen molar-refractivity contribution < 1.29 is 20.2 Å². The van der Waals surface area contributed by atoms with Crippen LogP contribution in [0.4, 0.5) is 5.69 Å². The molecule has 1 heterocycles. The average molecular weight is 377 g/mol. The van der Waals surface area contributed by atoms with Crippen LogP contribution in [0.3, 0.4) is 0 Å². The molecule has 2 atom stereocenters. The number of likely N-dealkylation sites (tertiary alicyclic amines) is 1. The predicted molar refractivity (Wildman–Crippen MR) is 105 cm³/mol. The number of amides is 2. The average Bonchev–Trinajstić information content (AvgIpc) is 3.03. The summed E-state index contributed by atoms with van der Waals surface area (Å²) in [5, 5.41) is 13.2. The van der Waals surface area contributed by atoms with Gasteiger partial charge in [0.05, 0.1) is 12.1 Å². The first kappa shape index (κ1) is 21.3. The zero-order valence-electron chi connectivity index (χ0n) is 16.1. The fourth-order valence-corrected chi connectivity index (χ4v) is 4.18. The summed E-state index contributed by atoms with van der Waals surface area (Å²) >= 11 is 0. The fourth-order valence-electron chi connectivity index (χ4n) is 4.18. The zero-order chi connectivity index (χ0) is 18.7. The van der Waals surface area contributed by atoms with Gasteiger partial charge in [-0.05, 0) is 37.1 Å². The topological polar surface area (TPSA) is 104 Å². The van der Waals surface area contributed by atoms with Gasteiger partial charge in [-0.3, -0.25) is 14.5 Å². The van der Waals surface area contributed by atoms with Crippen LogP contribution in [0.15, 0.2) is 24.3 Å². The number of benzene rings is 1. The number of aliphatic hydroxyl groups excluding tert-OH is 1. The Morgan fingerprint density at radius 1 is 1.11 bits per heavy atom. The van der Waals surface area contributed by atoms with E-state index in [1.807, 2.05) is 0 Å². The molecule has 0 bridgehead atoms. The molecule has 0 unspecified atom stereocenters. The molecule has 27 heavy (non-hydrogen) atoms. The molecular weight excluding hydrogens is 346 g/mol. The normalized spacial score (nSPS) is 23.5. The molecule has 0 spiro atoms. The Balaban J connectivity index is 0.00000261. The van der Waals surface area contributed by atoms with Gasteiger partial charge in [0.1, 0.15) is 0 Å². The molecule has 4 N–H and O–H groups in total. The smallest absolute Gasteiger partial charge is 0.253 e. The highest BCUT2D eigenvalue weighted by Crippen LogP contribution is 2.27. The first-order valence-electron chi connectivity index (χ1n) is 9.52. The highest BCUT2D eigenvalue weighted by atomic mass is 16.3. The minimum absolute atomic E-state index is 0. The Morgan fingerprint density at radius 3 is 2.33 bits per heavy atom. The molecule has 150 valence electrons. The highest BCUT2D eigenvalue weighted by molar-refractivity contribution is 5.95. The number of rotatable bonds is 4. The number of aliphatic hydroxyl groups is 1. The summed E-state index contributed by atoms with van der Waals surface area (Å²) in [6.45, 7) is 2.83. The second kappa shape index (κ2) is 9.30. The Labute approximate surface area is 160 Å². The number of nitrogens with zero attached hydrogens (tertiary/aromatic N) is 2. The van der Waals surface area contributed by atoms with Crippen LogP contribution in [0.2, 0.25) is 0 Å². The molecule has 1 aliphatic carbocycles. The number of β-amino-alcohol motifs (C(OH)–C–C–N with tert-alkyl or cyclic N) is 1. The summed E-state index contributed by atoms with van der Waals surface area (Å²) < 4.78 is 0. The predicted octanol–water partition coefficient (Wildman–Crippen LogP) is 1.27. The van der Waals surface area contributed by atoms with Gasteiger partial charge in [0, 0.05) is 44.4 Å². The first-order chi connectivity index (χ1) is 12.5. The number of hydrogen-bond donors (Lipinski definition) is 2. The maximum atomic E-state index is 12.8. The first-order valence-corrected chi connectivity index (χ1v) is 9.52. The Kier molecular flexibility index (Phi) is 7.35. The van der Waals surface area contributed by atoms with Gasteiger partial charge in [-0.2, -0.15) is 0 Å². The fraction of sp³-hybridized carbons (Fsp3) is 0.600. The van der Waals surface area contributed by atoms with E-state index in [2.05, 4.69) is 10.2 Å². The summed E-state index contributed by atoms with van der Waals surface area (Å²) in [6.07, 6.45) is 5.71. The molecule has 0 aromatic heterocycles. The summed E-state index contributed by atoms with van der Waals surface area (Å²) in [4.78, 5) is 27.9. The van der Waals surface area contributed by atoms with Crippen molar-refractivity contribution in [3.05, 3.63) is 29.8 Å². The third-order valence-electron chi connectivity index (χ3n) is 5.65. The van der Waals surface area contributed by atoms with E-state index >= 15 is 0 Å². The van der Waals surface area contributed by atoms with Crippen molar-refractivity contribution in [3.8, 4) is 0 Å². The monoisotopic (exact) mass is 377 g/mol. The molecule has 1 aliphatic heterocycles.